The van der Waals surface area contributed by atoms with Gasteiger partial charge in [0.05, 0.1) is 5.69 Å². The van der Waals surface area contributed by atoms with Crippen LogP contribution in [0.5, 0.6) is 5.75 Å². The number of carbonyl (C=O) groups is 2. The largest absolute Gasteiger partial charge is 0.484 e. The van der Waals surface area contributed by atoms with Crippen LogP contribution in [0.1, 0.15) is 15.4 Å². The summed E-state index contributed by atoms with van der Waals surface area (Å²) in [6.07, 6.45) is 1.48. The molecule has 0 bridgehead atoms. The molecule has 1 heterocycles. The second-order valence-corrected chi connectivity index (χ2v) is 6.53. The highest BCUT2D eigenvalue weighted by atomic mass is 79.9. The van der Waals surface area contributed by atoms with Gasteiger partial charge in [-0.25, -0.2) is 9.78 Å². The number of hydrogen-bond donors (Lipinski definition) is 1. The predicted molar refractivity (Wildman–Crippen MR) is 95.6 cm³/mol. The number of esters is 1. The van der Waals surface area contributed by atoms with Crippen LogP contribution in [-0.4, -0.2) is 30.1 Å². The first kappa shape index (κ1) is 18.2. The molecule has 0 aliphatic carbocycles. The Morgan fingerprint density at radius 2 is 2.08 bits per heavy atom. The van der Waals surface area contributed by atoms with Crippen LogP contribution in [0.3, 0.4) is 0 Å². The molecular weight excluding hydrogens is 396 g/mol. The molecule has 0 radical (unpaired) electrons. The Balaban J connectivity index is 1.90. The fraction of sp³-hybridized carbons (Fsp3) is 0.188. The zero-order valence-electron chi connectivity index (χ0n) is 12.9. The summed E-state index contributed by atoms with van der Waals surface area (Å²) in [6.45, 7) is 5.12. The molecule has 0 fully saturated rings. The highest BCUT2D eigenvalue weighted by Crippen LogP contribution is 2.23. The van der Waals surface area contributed by atoms with Crippen molar-refractivity contribution in [3.63, 3.8) is 0 Å². The lowest BCUT2D eigenvalue weighted by Crippen LogP contribution is -2.20. The number of aryl methyl sites for hydroxylation is 1. The summed E-state index contributed by atoms with van der Waals surface area (Å²) < 4.78 is 11.3. The van der Waals surface area contributed by atoms with Crippen molar-refractivity contribution in [2.75, 3.05) is 18.5 Å². The number of thiazole rings is 1. The van der Waals surface area contributed by atoms with Crippen LogP contribution in [0, 0.1) is 6.92 Å². The van der Waals surface area contributed by atoms with Crippen molar-refractivity contribution < 1.29 is 19.1 Å². The number of ether oxygens (including phenoxy) is 2. The number of hydrogen-bond acceptors (Lipinski definition) is 6. The monoisotopic (exact) mass is 410 g/mol. The Hall–Kier alpha value is -2.19. The van der Waals surface area contributed by atoms with Crippen molar-refractivity contribution in [2.45, 2.75) is 6.92 Å². The number of benzene rings is 1. The minimum atomic E-state index is -0.489. The minimum Gasteiger partial charge on any atom is -0.484 e. The number of carbonyl (C=O) groups excluding carboxylic acids is 2. The minimum absolute atomic E-state index is 0.124. The standard InChI is InChI=1S/C16H15BrN2O4S/c1-3-8-22-15(21)14-10(2)18-16(24-14)19-13(20)9-23-12-6-4-11(17)5-7-12/h3-7H,1,8-9H2,2H3,(H,18,19,20). The fourth-order valence-corrected chi connectivity index (χ4v) is 2.82. The van der Waals surface area contributed by atoms with Gasteiger partial charge in [0.2, 0.25) is 0 Å². The molecule has 1 N–H and O–H groups in total. The van der Waals surface area contributed by atoms with Gasteiger partial charge in [-0.2, -0.15) is 0 Å². The Bertz CT molecular complexity index is 743. The van der Waals surface area contributed by atoms with E-state index in [1.54, 1.807) is 19.1 Å². The van der Waals surface area contributed by atoms with Crippen LogP contribution in [-0.2, 0) is 9.53 Å². The normalized spacial score (nSPS) is 10.1. The summed E-state index contributed by atoms with van der Waals surface area (Å²) in [5.74, 6) is -0.272. The van der Waals surface area contributed by atoms with Gasteiger partial charge in [0.25, 0.3) is 5.91 Å². The molecule has 0 spiro atoms. The molecule has 24 heavy (non-hydrogen) atoms. The van der Waals surface area contributed by atoms with Crippen LogP contribution in [0.25, 0.3) is 0 Å². The van der Waals surface area contributed by atoms with E-state index in [1.807, 2.05) is 12.1 Å². The molecule has 2 rings (SSSR count). The molecule has 6 nitrogen and oxygen atoms in total. The van der Waals surface area contributed by atoms with Gasteiger partial charge in [-0.05, 0) is 31.2 Å². The van der Waals surface area contributed by atoms with Gasteiger partial charge in [0.1, 0.15) is 17.2 Å². The summed E-state index contributed by atoms with van der Waals surface area (Å²) in [5, 5.41) is 2.92. The summed E-state index contributed by atoms with van der Waals surface area (Å²) in [6, 6.07) is 7.13. The number of nitrogens with one attached hydrogen (secondary N) is 1. The lowest BCUT2D eigenvalue weighted by atomic mass is 10.3. The predicted octanol–water partition coefficient (Wildman–Crippen LogP) is 3.57. The molecule has 126 valence electrons. The molecule has 1 amide bonds. The maximum Gasteiger partial charge on any atom is 0.350 e. The molecule has 0 atom stereocenters. The molecule has 0 aliphatic rings. The third-order valence-electron chi connectivity index (χ3n) is 2.74. The van der Waals surface area contributed by atoms with Gasteiger partial charge in [-0.15, -0.1) is 0 Å². The van der Waals surface area contributed by atoms with Gasteiger partial charge in [0.15, 0.2) is 11.7 Å². The molecular formula is C16H15BrN2O4S. The van der Waals surface area contributed by atoms with E-state index in [-0.39, 0.29) is 19.1 Å². The SMILES string of the molecule is C=CCOC(=O)c1sc(NC(=O)COc2ccc(Br)cc2)nc1C. The zero-order chi connectivity index (χ0) is 17.5. The number of aromatic nitrogens is 1. The molecule has 8 heteroatoms. The van der Waals surface area contributed by atoms with E-state index in [9.17, 15) is 9.59 Å². The molecule has 1 aromatic heterocycles. The number of amides is 1. The van der Waals surface area contributed by atoms with E-state index in [0.29, 0.717) is 21.5 Å². The van der Waals surface area contributed by atoms with E-state index in [2.05, 4.69) is 32.8 Å². The van der Waals surface area contributed by atoms with Crippen LogP contribution in [0.15, 0.2) is 41.4 Å². The van der Waals surface area contributed by atoms with Crippen LogP contribution in [0.4, 0.5) is 5.13 Å². The first-order chi connectivity index (χ1) is 11.5. The molecule has 2 aromatic rings. The number of nitrogens with zero attached hydrogens (tertiary/aromatic N) is 1. The zero-order valence-corrected chi connectivity index (χ0v) is 15.3. The van der Waals surface area contributed by atoms with Gasteiger partial charge in [-0.1, -0.05) is 39.9 Å². The van der Waals surface area contributed by atoms with Gasteiger partial charge in [0, 0.05) is 4.47 Å². The van der Waals surface area contributed by atoms with E-state index in [1.165, 1.54) is 6.08 Å². The molecule has 0 saturated heterocycles. The maximum atomic E-state index is 11.9. The average Bonchev–Trinajstić information content (AvgIpc) is 2.92. The van der Waals surface area contributed by atoms with Crippen LogP contribution >= 0.6 is 27.3 Å². The van der Waals surface area contributed by atoms with Crippen molar-refractivity contribution in [1.82, 2.24) is 4.98 Å². The smallest absolute Gasteiger partial charge is 0.350 e. The van der Waals surface area contributed by atoms with Crippen LogP contribution < -0.4 is 10.1 Å². The summed E-state index contributed by atoms with van der Waals surface area (Å²) >= 11 is 4.38. The second-order valence-electron chi connectivity index (χ2n) is 4.61. The first-order valence-corrected chi connectivity index (χ1v) is 8.54. The highest BCUT2D eigenvalue weighted by Gasteiger charge is 2.17. The number of rotatable bonds is 7. The molecule has 0 saturated carbocycles. The van der Waals surface area contributed by atoms with Gasteiger partial charge >= 0.3 is 5.97 Å². The Labute approximate surface area is 151 Å². The van der Waals surface area contributed by atoms with Crippen molar-refractivity contribution in [3.8, 4) is 5.75 Å². The Kier molecular flexibility index (Phi) is 6.51. The van der Waals surface area contributed by atoms with E-state index < -0.39 is 5.97 Å². The third-order valence-corrected chi connectivity index (χ3v) is 4.33. The lowest BCUT2D eigenvalue weighted by Gasteiger charge is -2.05. The second kappa shape index (κ2) is 8.60. The molecule has 1 aromatic carbocycles. The fourth-order valence-electron chi connectivity index (χ4n) is 1.67. The van der Waals surface area contributed by atoms with Gasteiger partial charge < -0.3 is 9.47 Å². The van der Waals surface area contributed by atoms with E-state index >= 15 is 0 Å². The van der Waals surface area contributed by atoms with Crippen molar-refractivity contribution in [3.05, 3.63) is 52.0 Å². The maximum absolute atomic E-state index is 11.9. The Morgan fingerprint density at radius 1 is 1.38 bits per heavy atom. The quantitative estimate of drug-likeness (QED) is 0.557. The van der Waals surface area contributed by atoms with E-state index in [4.69, 9.17) is 9.47 Å². The van der Waals surface area contributed by atoms with Crippen LogP contribution in [0.2, 0.25) is 0 Å². The van der Waals surface area contributed by atoms with Crippen molar-refractivity contribution in [1.29, 1.82) is 0 Å². The number of halogens is 1. The van der Waals surface area contributed by atoms with Gasteiger partial charge in [-0.3, -0.25) is 10.1 Å². The highest BCUT2D eigenvalue weighted by molar-refractivity contribution is 9.10. The first-order valence-electron chi connectivity index (χ1n) is 6.93. The molecule has 0 unspecified atom stereocenters. The average molecular weight is 411 g/mol. The van der Waals surface area contributed by atoms with Crippen molar-refractivity contribution in [2.24, 2.45) is 0 Å². The summed E-state index contributed by atoms with van der Waals surface area (Å²) in [7, 11) is 0. The third kappa shape index (κ3) is 5.17. The van der Waals surface area contributed by atoms with Crippen molar-refractivity contribution >= 4 is 44.3 Å². The summed E-state index contributed by atoms with van der Waals surface area (Å²) in [5.41, 5.74) is 0.498. The number of anilines is 1. The Morgan fingerprint density at radius 3 is 2.75 bits per heavy atom. The summed E-state index contributed by atoms with van der Waals surface area (Å²) in [4.78, 5) is 28.2. The topological polar surface area (TPSA) is 77.5 Å². The molecule has 0 aliphatic heterocycles. The van der Waals surface area contributed by atoms with E-state index in [0.717, 1.165) is 15.8 Å². The lowest BCUT2D eigenvalue weighted by molar-refractivity contribution is -0.118.